The van der Waals surface area contributed by atoms with Crippen molar-refractivity contribution in [2.24, 2.45) is 0 Å². The lowest BCUT2D eigenvalue weighted by Gasteiger charge is -2.20. The van der Waals surface area contributed by atoms with Crippen LogP contribution in [0.25, 0.3) is 0 Å². The van der Waals surface area contributed by atoms with Crippen molar-refractivity contribution in [2.75, 3.05) is 0 Å². The Morgan fingerprint density at radius 3 is 2.56 bits per heavy atom. The molecule has 0 saturated heterocycles. The van der Waals surface area contributed by atoms with Crippen molar-refractivity contribution in [1.29, 1.82) is 0 Å². The van der Waals surface area contributed by atoms with Gasteiger partial charge in [-0.15, -0.1) is 0 Å². The summed E-state index contributed by atoms with van der Waals surface area (Å²) < 4.78 is 1.97. The van der Waals surface area contributed by atoms with E-state index in [-0.39, 0.29) is 0 Å². The Bertz CT molecular complexity index is 436. The first-order chi connectivity index (χ1) is 8.74. The number of hydrogen-bond acceptors (Lipinski definition) is 2. The van der Waals surface area contributed by atoms with E-state index in [1.165, 1.54) is 5.56 Å². The average Bonchev–Trinajstić information content (AvgIpc) is 2.82. The lowest BCUT2D eigenvalue weighted by atomic mass is 10.1. The van der Waals surface area contributed by atoms with E-state index in [0.717, 1.165) is 13.0 Å². The van der Waals surface area contributed by atoms with Crippen LogP contribution in [0.1, 0.15) is 19.4 Å². The Labute approximate surface area is 109 Å². The smallest absolute Gasteiger partial charge is 0.0560 e. The van der Waals surface area contributed by atoms with Gasteiger partial charge in [-0.05, 0) is 31.9 Å². The second-order valence-corrected chi connectivity index (χ2v) is 4.89. The molecule has 0 fully saturated rings. The van der Waals surface area contributed by atoms with Crippen molar-refractivity contribution in [3.63, 3.8) is 0 Å². The van der Waals surface area contributed by atoms with E-state index in [4.69, 9.17) is 0 Å². The minimum absolute atomic E-state index is 0.420. The van der Waals surface area contributed by atoms with Gasteiger partial charge < -0.3 is 5.32 Å². The number of nitrogens with one attached hydrogen (secondary N) is 1. The molecule has 0 aliphatic heterocycles. The maximum atomic E-state index is 4.22. The topological polar surface area (TPSA) is 29.9 Å². The van der Waals surface area contributed by atoms with Gasteiger partial charge in [0, 0.05) is 24.5 Å². The monoisotopic (exact) mass is 243 g/mol. The van der Waals surface area contributed by atoms with E-state index in [0.29, 0.717) is 12.1 Å². The van der Waals surface area contributed by atoms with E-state index < -0.39 is 0 Å². The summed E-state index contributed by atoms with van der Waals surface area (Å²) in [5.74, 6) is 0. The second kappa shape index (κ2) is 6.36. The second-order valence-electron chi connectivity index (χ2n) is 4.89. The molecule has 0 radical (unpaired) electrons. The number of aromatic nitrogens is 2. The van der Waals surface area contributed by atoms with Gasteiger partial charge in [-0.1, -0.05) is 30.3 Å². The van der Waals surface area contributed by atoms with Crippen LogP contribution in [0.15, 0.2) is 48.8 Å². The summed E-state index contributed by atoms with van der Waals surface area (Å²) in [5.41, 5.74) is 1.38. The van der Waals surface area contributed by atoms with Crippen LogP contribution in [-0.4, -0.2) is 21.9 Å². The summed E-state index contributed by atoms with van der Waals surface area (Å²) >= 11 is 0. The first-order valence-electron chi connectivity index (χ1n) is 6.51. The Morgan fingerprint density at radius 2 is 1.89 bits per heavy atom. The van der Waals surface area contributed by atoms with Crippen LogP contribution in [0.4, 0.5) is 0 Å². The number of rotatable bonds is 6. The summed E-state index contributed by atoms with van der Waals surface area (Å²) in [4.78, 5) is 0. The van der Waals surface area contributed by atoms with E-state index in [2.05, 4.69) is 54.6 Å². The molecule has 0 aliphatic carbocycles. The quantitative estimate of drug-likeness (QED) is 0.844. The Hall–Kier alpha value is -1.61. The van der Waals surface area contributed by atoms with Gasteiger partial charge in [-0.25, -0.2) is 0 Å². The van der Waals surface area contributed by atoms with Gasteiger partial charge in [0.25, 0.3) is 0 Å². The molecule has 0 bridgehead atoms. The first-order valence-corrected chi connectivity index (χ1v) is 6.51. The molecule has 1 aromatic heterocycles. The van der Waals surface area contributed by atoms with Crippen molar-refractivity contribution < 1.29 is 0 Å². The van der Waals surface area contributed by atoms with Crippen molar-refractivity contribution in [1.82, 2.24) is 15.1 Å². The highest BCUT2D eigenvalue weighted by atomic mass is 15.3. The molecule has 18 heavy (non-hydrogen) atoms. The predicted octanol–water partition coefficient (Wildman–Crippen LogP) is 2.49. The Kier molecular flexibility index (Phi) is 4.53. The van der Waals surface area contributed by atoms with Gasteiger partial charge in [0.15, 0.2) is 0 Å². The maximum Gasteiger partial charge on any atom is 0.0560 e. The summed E-state index contributed by atoms with van der Waals surface area (Å²) in [7, 11) is 0. The lowest BCUT2D eigenvalue weighted by Crippen LogP contribution is -2.38. The van der Waals surface area contributed by atoms with Crippen molar-refractivity contribution in [2.45, 2.75) is 38.9 Å². The molecule has 2 aromatic rings. The van der Waals surface area contributed by atoms with Gasteiger partial charge in [-0.2, -0.15) is 5.10 Å². The van der Waals surface area contributed by atoms with Crippen LogP contribution in [0.5, 0.6) is 0 Å². The summed E-state index contributed by atoms with van der Waals surface area (Å²) in [6, 6.07) is 13.4. The van der Waals surface area contributed by atoms with Crippen LogP contribution >= 0.6 is 0 Å². The van der Waals surface area contributed by atoms with Gasteiger partial charge in [0.05, 0.1) is 6.54 Å². The first kappa shape index (κ1) is 12.8. The van der Waals surface area contributed by atoms with Gasteiger partial charge in [0.1, 0.15) is 0 Å². The molecule has 2 unspecified atom stereocenters. The molecular weight excluding hydrogens is 222 g/mol. The van der Waals surface area contributed by atoms with Crippen LogP contribution < -0.4 is 5.32 Å². The van der Waals surface area contributed by atoms with Crippen LogP contribution in [0.3, 0.4) is 0 Å². The standard InChI is InChI=1S/C15H21N3/c1-13(11-15-7-4-3-5-8-15)17-14(2)12-18-10-6-9-16-18/h3-10,13-14,17H,11-12H2,1-2H3. The molecule has 2 atom stereocenters. The van der Waals surface area contributed by atoms with Gasteiger partial charge in [-0.3, -0.25) is 4.68 Å². The fraction of sp³-hybridized carbons (Fsp3) is 0.400. The summed E-state index contributed by atoms with van der Waals surface area (Å²) in [5, 5.41) is 7.83. The Morgan fingerprint density at radius 1 is 1.11 bits per heavy atom. The fourth-order valence-corrected chi connectivity index (χ4v) is 2.25. The highest BCUT2D eigenvalue weighted by molar-refractivity contribution is 5.15. The molecule has 1 heterocycles. The number of nitrogens with zero attached hydrogens (tertiary/aromatic N) is 2. The molecule has 1 N–H and O–H groups in total. The largest absolute Gasteiger partial charge is 0.310 e. The fourth-order valence-electron chi connectivity index (χ4n) is 2.25. The van der Waals surface area contributed by atoms with Gasteiger partial charge >= 0.3 is 0 Å². The molecule has 2 rings (SSSR count). The third-order valence-corrected chi connectivity index (χ3v) is 2.97. The van der Waals surface area contributed by atoms with Crippen LogP contribution in [0.2, 0.25) is 0 Å². The molecule has 3 heteroatoms. The minimum atomic E-state index is 0.420. The Balaban J connectivity index is 1.78. The number of benzene rings is 1. The van der Waals surface area contributed by atoms with Crippen LogP contribution in [-0.2, 0) is 13.0 Å². The zero-order valence-electron chi connectivity index (χ0n) is 11.1. The SMILES string of the molecule is CC(Cc1ccccc1)NC(C)Cn1cccn1. The predicted molar refractivity (Wildman–Crippen MR) is 74.4 cm³/mol. The molecule has 0 saturated carbocycles. The zero-order chi connectivity index (χ0) is 12.8. The van der Waals surface area contributed by atoms with Gasteiger partial charge in [0.2, 0.25) is 0 Å². The maximum absolute atomic E-state index is 4.22. The van der Waals surface area contributed by atoms with Crippen LogP contribution in [0, 0.1) is 0 Å². The molecule has 1 aromatic carbocycles. The normalized spacial score (nSPS) is 14.3. The molecule has 0 aliphatic rings. The molecule has 0 spiro atoms. The lowest BCUT2D eigenvalue weighted by molar-refractivity contribution is 0.405. The third kappa shape index (κ3) is 4.00. The molecule has 0 amide bonds. The summed E-state index contributed by atoms with van der Waals surface area (Å²) in [6.07, 6.45) is 4.88. The zero-order valence-corrected chi connectivity index (χ0v) is 11.1. The molecule has 3 nitrogen and oxygen atoms in total. The average molecular weight is 243 g/mol. The molecular formula is C15H21N3. The highest BCUT2D eigenvalue weighted by Crippen LogP contribution is 2.03. The van der Waals surface area contributed by atoms with Crippen molar-refractivity contribution >= 4 is 0 Å². The van der Waals surface area contributed by atoms with E-state index >= 15 is 0 Å². The van der Waals surface area contributed by atoms with Crippen molar-refractivity contribution in [3.05, 3.63) is 54.4 Å². The van der Waals surface area contributed by atoms with E-state index in [1.54, 1.807) is 0 Å². The highest BCUT2D eigenvalue weighted by Gasteiger charge is 2.08. The van der Waals surface area contributed by atoms with E-state index in [9.17, 15) is 0 Å². The van der Waals surface area contributed by atoms with E-state index in [1.807, 2.05) is 23.1 Å². The van der Waals surface area contributed by atoms with Crippen molar-refractivity contribution in [3.8, 4) is 0 Å². The third-order valence-electron chi connectivity index (χ3n) is 2.97. The number of hydrogen-bond donors (Lipinski definition) is 1. The minimum Gasteiger partial charge on any atom is -0.310 e. The molecule has 96 valence electrons. The summed E-state index contributed by atoms with van der Waals surface area (Å²) in [6.45, 7) is 5.34.